The summed E-state index contributed by atoms with van der Waals surface area (Å²) >= 11 is 0. The first-order valence-electron chi connectivity index (χ1n) is 9.62. The zero-order chi connectivity index (χ0) is 20.3. The van der Waals surface area contributed by atoms with Crippen LogP contribution < -0.4 is 4.74 Å². The van der Waals surface area contributed by atoms with Gasteiger partial charge in [0.1, 0.15) is 16.3 Å². The summed E-state index contributed by atoms with van der Waals surface area (Å²) in [6, 6.07) is 12.2. The van der Waals surface area contributed by atoms with Crippen LogP contribution in [0.3, 0.4) is 0 Å². The van der Waals surface area contributed by atoms with Crippen molar-refractivity contribution in [3.63, 3.8) is 0 Å². The Labute approximate surface area is 170 Å². The van der Waals surface area contributed by atoms with E-state index in [9.17, 15) is 8.42 Å². The van der Waals surface area contributed by atoms with E-state index in [4.69, 9.17) is 9.26 Å². The number of methoxy groups -OCH3 is 1. The Balaban J connectivity index is 1.67. The van der Waals surface area contributed by atoms with Gasteiger partial charge in [0.05, 0.1) is 13.2 Å². The summed E-state index contributed by atoms with van der Waals surface area (Å²) in [7, 11) is -2.06. The maximum absolute atomic E-state index is 13.3. The average molecular weight is 413 g/mol. The number of pyridine rings is 1. The summed E-state index contributed by atoms with van der Waals surface area (Å²) in [6.45, 7) is 0.445. The van der Waals surface area contributed by atoms with Crippen molar-refractivity contribution in [2.24, 2.45) is 0 Å². The molecule has 152 valence electrons. The van der Waals surface area contributed by atoms with E-state index < -0.39 is 10.0 Å². The molecule has 7 nitrogen and oxygen atoms in total. The molecule has 1 aliphatic rings. The maximum atomic E-state index is 13.3. The molecule has 0 spiro atoms. The second kappa shape index (κ2) is 8.34. The molecular weight excluding hydrogens is 390 g/mol. The zero-order valence-electron chi connectivity index (χ0n) is 16.2. The van der Waals surface area contributed by atoms with Gasteiger partial charge in [0.25, 0.3) is 0 Å². The zero-order valence-corrected chi connectivity index (χ0v) is 17.0. The summed E-state index contributed by atoms with van der Waals surface area (Å²) in [6.07, 6.45) is 6.38. The lowest BCUT2D eigenvalue weighted by atomic mass is 10.1. The molecule has 8 heteroatoms. The van der Waals surface area contributed by atoms with Crippen molar-refractivity contribution in [3.05, 3.63) is 60.6 Å². The van der Waals surface area contributed by atoms with Crippen LogP contribution in [-0.4, -0.2) is 36.5 Å². The monoisotopic (exact) mass is 413 g/mol. The van der Waals surface area contributed by atoms with Crippen LogP contribution in [0.2, 0.25) is 0 Å². The molecule has 0 radical (unpaired) electrons. The maximum Gasteiger partial charge on any atom is 0.245 e. The fourth-order valence-corrected chi connectivity index (χ4v) is 5.26. The fourth-order valence-electron chi connectivity index (χ4n) is 3.63. The lowest BCUT2D eigenvalue weighted by Gasteiger charge is -2.27. The van der Waals surface area contributed by atoms with Crippen molar-refractivity contribution < 1.29 is 17.7 Å². The predicted molar refractivity (Wildman–Crippen MR) is 108 cm³/mol. The lowest BCUT2D eigenvalue weighted by Crippen LogP contribution is -2.34. The highest BCUT2D eigenvalue weighted by atomic mass is 32.2. The first-order chi connectivity index (χ1) is 14.1. The van der Waals surface area contributed by atoms with Gasteiger partial charge in [-0.2, -0.15) is 4.31 Å². The largest absolute Gasteiger partial charge is 0.497 e. The van der Waals surface area contributed by atoms with Gasteiger partial charge in [-0.3, -0.25) is 4.98 Å². The van der Waals surface area contributed by atoms with Crippen molar-refractivity contribution in [2.75, 3.05) is 13.7 Å². The standard InChI is InChI=1S/C21H23N3O4S/c1-27-17-10-8-16(9-11-17)19-14-21(28-23-19)20-7-3-2-4-13-24(20)29(25,26)18-6-5-12-22-15-18/h5-6,8-12,14-15,20H,2-4,7,13H2,1H3. The van der Waals surface area contributed by atoms with E-state index >= 15 is 0 Å². The molecule has 1 atom stereocenters. The van der Waals surface area contributed by atoms with Crippen LogP contribution in [0.1, 0.15) is 37.5 Å². The molecule has 0 bridgehead atoms. The predicted octanol–water partition coefficient (Wildman–Crippen LogP) is 4.05. The Hall–Kier alpha value is -2.71. The highest BCUT2D eigenvalue weighted by molar-refractivity contribution is 7.89. The summed E-state index contributed by atoms with van der Waals surface area (Å²) in [4.78, 5) is 4.17. The van der Waals surface area contributed by atoms with Crippen LogP contribution in [0.25, 0.3) is 11.3 Å². The minimum atomic E-state index is -3.68. The third kappa shape index (κ3) is 4.04. The van der Waals surface area contributed by atoms with Gasteiger partial charge in [-0.15, -0.1) is 0 Å². The molecule has 0 N–H and O–H groups in total. The van der Waals surface area contributed by atoms with Gasteiger partial charge in [0.2, 0.25) is 10.0 Å². The molecule has 1 aliphatic heterocycles. The van der Waals surface area contributed by atoms with Crippen LogP contribution in [-0.2, 0) is 10.0 Å². The van der Waals surface area contributed by atoms with Gasteiger partial charge in [-0.05, 0) is 49.2 Å². The van der Waals surface area contributed by atoms with Gasteiger partial charge in [0, 0.05) is 30.6 Å². The highest BCUT2D eigenvalue weighted by Gasteiger charge is 2.35. The topological polar surface area (TPSA) is 85.5 Å². The third-order valence-corrected chi connectivity index (χ3v) is 7.08. The Kier molecular flexibility index (Phi) is 5.64. The van der Waals surface area contributed by atoms with E-state index in [1.54, 1.807) is 25.4 Å². The molecule has 3 aromatic rings. The van der Waals surface area contributed by atoms with E-state index in [2.05, 4.69) is 10.1 Å². The van der Waals surface area contributed by atoms with E-state index in [0.717, 1.165) is 30.6 Å². The molecule has 1 fully saturated rings. The number of benzene rings is 1. The molecular formula is C21H23N3O4S. The van der Waals surface area contributed by atoms with E-state index in [0.29, 0.717) is 24.4 Å². The quantitative estimate of drug-likeness (QED) is 0.627. The van der Waals surface area contributed by atoms with E-state index in [-0.39, 0.29) is 10.9 Å². The van der Waals surface area contributed by atoms with Crippen molar-refractivity contribution >= 4 is 10.0 Å². The molecule has 0 amide bonds. The molecule has 2 aromatic heterocycles. The van der Waals surface area contributed by atoms with Crippen LogP contribution in [0, 0.1) is 0 Å². The smallest absolute Gasteiger partial charge is 0.245 e. The summed E-state index contributed by atoms with van der Waals surface area (Å²) in [5, 5.41) is 4.19. The van der Waals surface area contributed by atoms with Crippen molar-refractivity contribution in [1.82, 2.24) is 14.4 Å². The first kappa shape index (κ1) is 19.6. The van der Waals surface area contributed by atoms with Crippen molar-refractivity contribution in [3.8, 4) is 17.0 Å². The number of aromatic nitrogens is 2. The Morgan fingerprint density at radius 1 is 1.14 bits per heavy atom. The van der Waals surface area contributed by atoms with Gasteiger partial charge < -0.3 is 9.26 Å². The van der Waals surface area contributed by atoms with Gasteiger partial charge in [-0.1, -0.05) is 18.0 Å². The number of nitrogens with zero attached hydrogens (tertiary/aromatic N) is 3. The molecule has 1 saturated heterocycles. The van der Waals surface area contributed by atoms with Gasteiger partial charge >= 0.3 is 0 Å². The van der Waals surface area contributed by atoms with Crippen LogP contribution in [0.4, 0.5) is 0 Å². The molecule has 1 aromatic carbocycles. The average Bonchev–Trinajstić information content (AvgIpc) is 3.11. The Morgan fingerprint density at radius 2 is 1.97 bits per heavy atom. The Bertz CT molecular complexity index is 1050. The van der Waals surface area contributed by atoms with Crippen LogP contribution in [0.15, 0.2) is 64.3 Å². The number of sulfonamides is 1. The SMILES string of the molecule is COc1ccc(-c2cc(C3CCCCCN3S(=O)(=O)c3cccnc3)on2)cc1. The van der Waals surface area contributed by atoms with Crippen LogP contribution in [0.5, 0.6) is 5.75 Å². The number of ether oxygens (including phenoxy) is 1. The van der Waals surface area contributed by atoms with Crippen molar-refractivity contribution in [1.29, 1.82) is 0 Å². The number of hydrogen-bond acceptors (Lipinski definition) is 6. The van der Waals surface area contributed by atoms with Crippen LogP contribution >= 0.6 is 0 Å². The fraction of sp³-hybridized carbons (Fsp3) is 0.333. The molecule has 29 heavy (non-hydrogen) atoms. The molecule has 0 aliphatic carbocycles. The summed E-state index contributed by atoms with van der Waals surface area (Å²) in [5.74, 6) is 1.32. The van der Waals surface area contributed by atoms with Gasteiger partial charge in [-0.25, -0.2) is 8.42 Å². The minimum Gasteiger partial charge on any atom is -0.497 e. The highest BCUT2D eigenvalue weighted by Crippen LogP contribution is 2.36. The van der Waals surface area contributed by atoms with E-state index in [1.807, 2.05) is 30.3 Å². The van der Waals surface area contributed by atoms with E-state index in [1.165, 1.54) is 10.5 Å². The molecule has 1 unspecified atom stereocenters. The van der Waals surface area contributed by atoms with Gasteiger partial charge in [0.15, 0.2) is 5.76 Å². The first-order valence-corrected chi connectivity index (χ1v) is 11.1. The normalized spacial score (nSPS) is 18.3. The summed E-state index contributed by atoms with van der Waals surface area (Å²) in [5.41, 5.74) is 1.56. The minimum absolute atomic E-state index is 0.196. The molecule has 0 saturated carbocycles. The van der Waals surface area contributed by atoms with Crippen molar-refractivity contribution in [2.45, 2.75) is 36.6 Å². The number of hydrogen-bond donors (Lipinski definition) is 0. The second-order valence-electron chi connectivity index (χ2n) is 7.01. The molecule has 4 rings (SSSR count). The summed E-state index contributed by atoms with van der Waals surface area (Å²) < 4.78 is 38.9. The Morgan fingerprint density at radius 3 is 2.69 bits per heavy atom. The molecule has 3 heterocycles. The third-order valence-electron chi connectivity index (χ3n) is 5.19. The number of rotatable bonds is 5. The lowest BCUT2D eigenvalue weighted by molar-refractivity contribution is 0.259. The second-order valence-corrected chi connectivity index (χ2v) is 8.90.